The molecule has 0 aliphatic carbocycles. The highest BCUT2D eigenvalue weighted by molar-refractivity contribution is 6.04. The van der Waals surface area contributed by atoms with Crippen molar-refractivity contribution in [2.24, 2.45) is 0 Å². The topological polar surface area (TPSA) is 103 Å². The van der Waals surface area contributed by atoms with Gasteiger partial charge in [0.1, 0.15) is 5.75 Å². The number of rotatable bonds is 6. The Labute approximate surface area is 166 Å². The largest absolute Gasteiger partial charge is 0.494 e. The number of amides is 1. The molecule has 0 saturated carbocycles. The quantitative estimate of drug-likeness (QED) is 0.511. The van der Waals surface area contributed by atoms with E-state index >= 15 is 0 Å². The minimum absolute atomic E-state index is 0.147. The second kappa shape index (κ2) is 8.39. The lowest BCUT2D eigenvalue weighted by molar-refractivity contribution is -0.384. The summed E-state index contributed by atoms with van der Waals surface area (Å²) in [4.78, 5) is 35.2. The number of hydrogen-bond donors (Lipinski definition) is 1. The third-order valence-electron chi connectivity index (χ3n) is 4.33. The van der Waals surface area contributed by atoms with Gasteiger partial charge in [0, 0.05) is 18.3 Å². The number of hydrogen-bond acceptors (Lipinski definition) is 5. The van der Waals surface area contributed by atoms with Gasteiger partial charge in [-0.25, -0.2) is 0 Å². The lowest BCUT2D eigenvalue weighted by atomic mass is 10.1. The average molecular weight is 393 g/mol. The highest BCUT2D eigenvalue weighted by Gasteiger charge is 2.15. The normalized spacial score (nSPS) is 10.4. The number of aromatic nitrogens is 1. The van der Waals surface area contributed by atoms with Crippen LogP contribution in [0.1, 0.15) is 21.5 Å². The number of anilines is 1. The smallest absolute Gasteiger partial charge is 0.273 e. The minimum atomic E-state index is -0.546. The van der Waals surface area contributed by atoms with Crippen molar-refractivity contribution in [1.82, 2.24) is 4.57 Å². The van der Waals surface area contributed by atoms with Gasteiger partial charge in [0.05, 0.1) is 35.9 Å². The Bertz CT molecular complexity index is 1140. The third kappa shape index (κ3) is 4.67. The van der Waals surface area contributed by atoms with E-state index in [1.54, 1.807) is 0 Å². The van der Waals surface area contributed by atoms with Crippen LogP contribution < -0.4 is 15.6 Å². The number of non-ortho nitro benzene ring substituents is 1. The molecule has 0 unspecified atom stereocenters. The van der Waals surface area contributed by atoms with Crippen LogP contribution in [0.25, 0.3) is 0 Å². The van der Waals surface area contributed by atoms with Crippen LogP contribution in [0.5, 0.6) is 5.75 Å². The summed E-state index contributed by atoms with van der Waals surface area (Å²) in [5.41, 5.74) is 2.22. The summed E-state index contributed by atoms with van der Waals surface area (Å²) < 4.78 is 6.59. The fourth-order valence-electron chi connectivity index (χ4n) is 2.89. The van der Waals surface area contributed by atoms with Crippen molar-refractivity contribution in [3.63, 3.8) is 0 Å². The highest BCUT2D eigenvalue weighted by atomic mass is 16.6. The second-order valence-electron chi connectivity index (χ2n) is 6.47. The molecule has 8 nitrogen and oxygen atoms in total. The van der Waals surface area contributed by atoms with E-state index in [0.717, 1.165) is 11.1 Å². The lowest BCUT2D eigenvalue weighted by Gasteiger charge is -2.12. The maximum Gasteiger partial charge on any atom is 0.273 e. The van der Waals surface area contributed by atoms with Gasteiger partial charge in [-0.1, -0.05) is 29.8 Å². The van der Waals surface area contributed by atoms with Gasteiger partial charge in [-0.05, 0) is 24.6 Å². The molecule has 29 heavy (non-hydrogen) atoms. The number of pyridine rings is 1. The Balaban J connectivity index is 1.85. The highest BCUT2D eigenvalue weighted by Crippen LogP contribution is 2.29. The minimum Gasteiger partial charge on any atom is -0.494 e. The van der Waals surface area contributed by atoms with E-state index in [1.165, 1.54) is 48.2 Å². The summed E-state index contributed by atoms with van der Waals surface area (Å²) in [7, 11) is 1.36. The molecule has 8 heteroatoms. The Morgan fingerprint density at radius 1 is 1.17 bits per heavy atom. The molecule has 0 atom stereocenters. The Morgan fingerprint density at radius 3 is 2.66 bits per heavy atom. The van der Waals surface area contributed by atoms with Crippen LogP contribution >= 0.6 is 0 Å². The maximum absolute atomic E-state index is 12.7. The fraction of sp³-hybridized carbons (Fsp3) is 0.143. The van der Waals surface area contributed by atoms with Gasteiger partial charge in [0.25, 0.3) is 17.2 Å². The molecule has 1 heterocycles. The molecular formula is C21H19N3O5. The van der Waals surface area contributed by atoms with Crippen molar-refractivity contribution in [3.05, 3.63) is 98.0 Å². The van der Waals surface area contributed by atoms with Gasteiger partial charge >= 0.3 is 0 Å². The second-order valence-corrected chi connectivity index (χ2v) is 6.47. The van der Waals surface area contributed by atoms with Crippen LogP contribution in [0.15, 0.2) is 65.6 Å². The first kappa shape index (κ1) is 19.8. The average Bonchev–Trinajstić information content (AvgIpc) is 2.69. The molecule has 2 aromatic carbocycles. The summed E-state index contributed by atoms with van der Waals surface area (Å²) in [5.74, 6) is -0.296. The van der Waals surface area contributed by atoms with Gasteiger partial charge in [-0.3, -0.25) is 19.7 Å². The first-order valence-electron chi connectivity index (χ1n) is 8.77. The van der Waals surface area contributed by atoms with Crippen molar-refractivity contribution in [2.45, 2.75) is 13.5 Å². The molecule has 1 amide bonds. The molecule has 0 aliphatic heterocycles. The number of nitrogens with one attached hydrogen (secondary N) is 1. The Hall–Kier alpha value is -3.94. The molecule has 0 fully saturated rings. The van der Waals surface area contributed by atoms with Crippen LogP contribution in [-0.2, 0) is 6.54 Å². The molecule has 0 bridgehead atoms. The lowest BCUT2D eigenvalue weighted by Crippen LogP contribution is -2.22. The predicted octanol–water partition coefficient (Wildman–Crippen LogP) is 3.37. The third-order valence-corrected chi connectivity index (χ3v) is 4.33. The molecule has 3 aromatic rings. The van der Waals surface area contributed by atoms with Crippen molar-refractivity contribution in [2.75, 3.05) is 12.4 Å². The number of aryl methyl sites for hydroxylation is 1. The first-order valence-corrected chi connectivity index (χ1v) is 8.77. The van der Waals surface area contributed by atoms with E-state index in [-0.39, 0.29) is 22.6 Å². The SMILES string of the molecule is COc1cc([N+](=O)[O-])ccc1NC(=O)c1ccc(=O)n(Cc2cccc(C)c2)c1. The molecule has 0 radical (unpaired) electrons. The number of nitro benzene ring substituents is 1. The van der Waals surface area contributed by atoms with Gasteiger partial charge in [0.15, 0.2) is 0 Å². The summed E-state index contributed by atoms with van der Waals surface area (Å²) in [5, 5.41) is 13.6. The summed E-state index contributed by atoms with van der Waals surface area (Å²) >= 11 is 0. The number of carbonyl (C=O) groups excluding carboxylic acids is 1. The fourth-order valence-corrected chi connectivity index (χ4v) is 2.89. The van der Waals surface area contributed by atoms with Crippen LogP contribution in [-0.4, -0.2) is 22.5 Å². The van der Waals surface area contributed by atoms with E-state index in [2.05, 4.69) is 5.32 Å². The summed E-state index contributed by atoms with van der Waals surface area (Å²) in [6, 6.07) is 14.4. The zero-order chi connectivity index (χ0) is 21.0. The van der Waals surface area contributed by atoms with Gasteiger partial charge in [0.2, 0.25) is 0 Å². The standard InChI is InChI=1S/C21H19N3O5/c1-14-4-3-5-15(10-14)12-23-13-16(6-9-20(23)25)21(26)22-18-8-7-17(24(27)28)11-19(18)29-2/h3-11,13H,12H2,1-2H3,(H,22,26). The van der Waals surface area contributed by atoms with Gasteiger partial charge in [-0.2, -0.15) is 0 Å². The predicted molar refractivity (Wildman–Crippen MR) is 109 cm³/mol. The number of benzene rings is 2. The van der Waals surface area contributed by atoms with Gasteiger partial charge < -0.3 is 14.6 Å². The molecule has 0 saturated heterocycles. The molecule has 1 aromatic heterocycles. The van der Waals surface area contributed by atoms with Crippen LogP contribution in [0.2, 0.25) is 0 Å². The number of carbonyl (C=O) groups is 1. The number of methoxy groups -OCH3 is 1. The number of nitro groups is 1. The Morgan fingerprint density at radius 2 is 1.97 bits per heavy atom. The number of nitrogens with zero attached hydrogens (tertiary/aromatic N) is 2. The first-order chi connectivity index (χ1) is 13.9. The van der Waals surface area contributed by atoms with E-state index in [1.807, 2.05) is 31.2 Å². The maximum atomic E-state index is 12.7. The van der Waals surface area contributed by atoms with E-state index in [0.29, 0.717) is 12.2 Å². The zero-order valence-electron chi connectivity index (χ0n) is 15.9. The molecule has 3 rings (SSSR count). The molecular weight excluding hydrogens is 374 g/mol. The van der Waals surface area contributed by atoms with Crippen molar-refractivity contribution >= 4 is 17.3 Å². The van der Waals surface area contributed by atoms with Crippen molar-refractivity contribution in [1.29, 1.82) is 0 Å². The van der Waals surface area contributed by atoms with Crippen LogP contribution in [0.4, 0.5) is 11.4 Å². The van der Waals surface area contributed by atoms with E-state index in [9.17, 15) is 19.7 Å². The van der Waals surface area contributed by atoms with Crippen LogP contribution in [0, 0.1) is 17.0 Å². The van der Waals surface area contributed by atoms with Crippen molar-refractivity contribution in [3.8, 4) is 5.75 Å². The molecule has 148 valence electrons. The molecule has 0 spiro atoms. The van der Waals surface area contributed by atoms with Gasteiger partial charge in [-0.15, -0.1) is 0 Å². The van der Waals surface area contributed by atoms with E-state index < -0.39 is 10.8 Å². The van der Waals surface area contributed by atoms with Crippen LogP contribution in [0.3, 0.4) is 0 Å². The van der Waals surface area contributed by atoms with Crippen molar-refractivity contribution < 1.29 is 14.5 Å². The zero-order valence-corrected chi connectivity index (χ0v) is 15.9. The summed E-state index contributed by atoms with van der Waals surface area (Å²) in [6.07, 6.45) is 1.48. The summed E-state index contributed by atoms with van der Waals surface area (Å²) in [6.45, 7) is 2.30. The van der Waals surface area contributed by atoms with E-state index in [4.69, 9.17) is 4.74 Å². The number of ether oxygens (including phenoxy) is 1. The molecule has 0 aliphatic rings. The Kier molecular flexibility index (Phi) is 5.73. The molecule has 1 N–H and O–H groups in total. The monoisotopic (exact) mass is 393 g/mol.